The van der Waals surface area contributed by atoms with Crippen LogP contribution >= 0.6 is 11.3 Å². The van der Waals surface area contributed by atoms with Gasteiger partial charge in [-0.1, -0.05) is 0 Å². The fourth-order valence-corrected chi connectivity index (χ4v) is 4.05. The van der Waals surface area contributed by atoms with E-state index in [1.165, 1.54) is 11.3 Å². The Morgan fingerprint density at radius 3 is 2.84 bits per heavy atom. The van der Waals surface area contributed by atoms with Crippen molar-refractivity contribution in [1.29, 1.82) is 0 Å². The maximum absolute atomic E-state index is 12.0. The molecule has 2 rings (SSSR count). The molecule has 2 aromatic heterocycles. The highest BCUT2D eigenvalue weighted by atomic mass is 32.2. The summed E-state index contributed by atoms with van der Waals surface area (Å²) in [4.78, 5) is 0.994. The minimum atomic E-state index is -3.41. The Morgan fingerprint density at radius 1 is 1.32 bits per heavy atom. The molecule has 2 aromatic rings. The molecule has 0 spiro atoms. The Kier molecular flexibility index (Phi) is 4.76. The van der Waals surface area contributed by atoms with E-state index in [2.05, 4.69) is 10.0 Å². The number of nitrogens with one attached hydrogen (secondary N) is 2. The van der Waals surface area contributed by atoms with E-state index in [1.54, 1.807) is 18.4 Å². The molecule has 2 N–H and O–H groups in total. The zero-order valence-electron chi connectivity index (χ0n) is 10.5. The van der Waals surface area contributed by atoms with Crippen molar-refractivity contribution < 1.29 is 12.8 Å². The lowest BCUT2D eigenvalue weighted by molar-refractivity contribution is 0.506. The first kappa shape index (κ1) is 14.3. The summed E-state index contributed by atoms with van der Waals surface area (Å²) >= 11 is 1.28. The first-order chi connectivity index (χ1) is 9.12. The molecule has 0 bridgehead atoms. The van der Waals surface area contributed by atoms with Crippen molar-refractivity contribution in [2.24, 2.45) is 0 Å². The number of hydrogen-bond acceptors (Lipinski definition) is 5. The van der Waals surface area contributed by atoms with Crippen LogP contribution in [0.5, 0.6) is 0 Å². The average Bonchev–Trinajstić information content (AvgIpc) is 3.00. The van der Waals surface area contributed by atoms with Gasteiger partial charge in [-0.25, -0.2) is 13.1 Å². The van der Waals surface area contributed by atoms with Crippen molar-refractivity contribution in [1.82, 2.24) is 10.0 Å². The van der Waals surface area contributed by atoms with Gasteiger partial charge in [-0.15, -0.1) is 11.3 Å². The van der Waals surface area contributed by atoms with Gasteiger partial charge in [0.15, 0.2) is 0 Å². The zero-order chi connectivity index (χ0) is 13.7. The highest BCUT2D eigenvalue weighted by Crippen LogP contribution is 2.21. The fraction of sp³-hybridized carbons (Fsp3) is 0.333. The minimum absolute atomic E-state index is 0.328. The quantitative estimate of drug-likeness (QED) is 0.814. The largest absolute Gasteiger partial charge is 0.469 e. The SMILES string of the molecule is CNCc1ccc(S(=O)(=O)NCCc2ccco2)s1. The van der Waals surface area contributed by atoms with Crippen molar-refractivity contribution in [2.75, 3.05) is 13.6 Å². The summed E-state index contributed by atoms with van der Waals surface area (Å²) in [6.07, 6.45) is 2.12. The van der Waals surface area contributed by atoms with Gasteiger partial charge in [0.2, 0.25) is 10.0 Å². The minimum Gasteiger partial charge on any atom is -0.469 e. The molecule has 0 aliphatic heterocycles. The normalized spacial score (nSPS) is 11.8. The predicted octanol–water partition coefficient (Wildman–Crippen LogP) is 1.58. The van der Waals surface area contributed by atoms with Gasteiger partial charge < -0.3 is 9.73 Å². The lowest BCUT2D eigenvalue weighted by Crippen LogP contribution is -2.25. The third-order valence-electron chi connectivity index (χ3n) is 2.50. The summed E-state index contributed by atoms with van der Waals surface area (Å²) in [5.41, 5.74) is 0. The summed E-state index contributed by atoms with van der Waals surface area (Å²) in [7, 11) is -1.58. The summed E-state index contributed by atoms with van der Waals surface area (Å²) in [6, 6.07) is 7.06. The molecule has 0 aliphatic carbocycles. The molecule has 0 aromatic carbocycles. The highest BCUT2D eigenvalue weighted by molar-refractivity contribution is 7.91. The van der Waals surface area contributed by atoms with Gasteiger partial charge in [0.05, 0.1) is 6.26 Å². The summed E-state index contributed by atoms with van der Waals surface area (Å²) in [5, 5.41) is 2.99. The van der Waals surface area contributed by atoms with Crippen LogP contribution in [0.4, 0.5) is 0 Å². The third kappa shape index (κ3) is 3.90. The molecule has 0 saturated heterocycles. The second-order valence-electron chi connectivity index (χ2n) is 3.98. The van der Waals surface area contributed by atoms with Gasteiger partial charge in [-0.3, -0.25) is 0 Å². The molecule has 0 fully saturated rings. The van der Waals surface area contributed by atoms with Gasteiger partial charge in [0.1, 0.15) is 9.97 Å². The third-order valence-corrected chi connectivity index (χ3v) is 5.53. The van der Waals surface area contributed by atoms with Crippen molar-refractivity contribution in [3.63, 3.8) is 0 Å². The van der Waals surface area contributed by atoms with Gasteiger partial charge in [-0.05, 0) is 31.3 Å². The lowest BCUT2D eigenvalue weighted by atomic mass is 10.3. The summed E-state index contributed by atoms with van der Waals surface area (Å²) in [5.74, 6) is 0.768. The molecular weight excluding hydrogens is 284 g/mol. The molecule has 0 saturated carbocycles. The van der Waals surface area contributed by atoms with E-state index in [4.69, 9.17) is 4.42 Å². The fourth-order valence-electron chi connectivity index (χ4n) is 1.61. The summed E-state index contributed by atoms with van der Waals surface area (Å²) < 4.78 is 32.1. The zero-order valence-corrected chi connectivity index (χ0v) is 12.2. The Morgan fingerprint density at radius 2 is 2.16 bits per heavy atom. The second kappa shape index (κ2) is 6.33. The van der Waals surface area contributed by atoms with E-state index < -0.39 is 10.0 Å². The van der Waals surface area contributed by atoms with Crippen LogP contribution in [0.1, 0.15) is 10.6 Å². The molecule has 0 unspecified atom stereocenters. The number of rotatable bonds is 7. The molecule has 19 heavy (non-hydrogen) atoms. The van der Waals surface area contributed by atoms with Crippen LogP contribution in [0.2, 0.25) is 0 Å². The number of sulfonamides is 1. The maximum Gasteiger partial charge on any atom is 0.250 e. The smallest absolute Gasteiger partial charge is 0.250 e. The molecule has 0 atom stereocenters. The van der Waals surface area contributed by atoms with Crippen LogP contribution < -0.4 is 10.0 Å². The monoisotopic (exact) mass is 300 g/mol. The van der Waals surface area contributed by atoms with Gasteiger partial charge in [0.25, 0.3) is 0 Å². The Hall–Kier alpha value is -1.15. The molecular formula is C12H16N2O3S2. The van der Waals surface area contributed by atoms with E-state index in [1.807, 2.05) is 19.2 Å². The van der Waals surface area contributed by atoms with Crippen LogP contribution in [0.15, 0.2) is 39.2 Å². The number of thiophene rings is 1. The van der Waals surface area contributed by atoms with Crippen molar-refractivity contribution in [3.05, 3.63) is 41.2 Å². The average molecular weight is 300 g/mol. The standard InChI is InChI=1S/C12H16N2O3S2/c1-13-9-11-4-5-12(18-11)19(15,16)14-7-6-10-3-2-8-17-10/h2-5,8,13-14H,6-7,9H2,1H3. The first-order valence-electron chi connectivity index (χ1n) is 5.87. The predicted molar refractivity (Wildman–Crippen MR) is 74.7 cm³/mol. The molecule has 0 aliphatic rings. The molecule has 104 valence electrons. The van der Waals surface area contributed by atoms with Crippen LogP contribution in [0, 0.1) is 0 Å². The van der Waals surface area contributed by atoms with Crippen LogP contribution in [0.3, 0.4) is 0 Å². The number of furan rings is 1. The maximum atomic E-state index is 12.0. The Bertz CT molecular complexity index is 603. The van der Waals surface area contributed by atoms with E-state index in [0.29, 0.717) is 23.7 Å². The van der Waals surface area contributed by atoms with E-state index >= 15 is 0 Å². The lowest BCUT2D eigenvalue weighted by Gasteiger charge is -2.03. The molecule has 0 amide bonds. The molecule has 5 nitrogen and oxygen atoms in total. The van der Waals surface area contributed by atoms with E-state index in [-0.39, 0.29) is 0 Å². The van der Waals surface area contributed by atoms with Crippen LogP contribution in [-0.2, 0) is 23.0 Å². The molecule has 7 heteroatoms. The number of hydrogen-bond donors (Lipinski definition) is 2. The van der Waals surface area contributed by atoms with E-state index in [0.717, 1.165) is 10.6 Å². The highest BCUT2D eigenvalue weighted by Gasteiger charge is 2.16. The van der Waals surface area contributed by atoms with Gasteiger partial charge in [-0.2, -0.15) is 0 Å². The van der Waals surface area contributed by atoms with Crippen molar-refractivity contribution >= 4 is 21.4 Å². The molecule has 2 heterocycles. The Labute approximate surface area is 116 Å². The first-order valence-corrected chi connectivity index (χ1v) is 8.17. The summed E-state index contributed by atoms with van der Waals surface area (Å²) in [6.45, 7) is 1.00. The van der Waals surface area contributed by atoms with E-state index in [9.17, 15) is 8.42 Å². The van der Waals surface area contributed by atoms with Crippen molar-refractivity contribution in [2.45, 2.75) is 17.2 Å². The Balaban J connectivity index is 1.93. The van der Waals surface area contributed by atoms with Crippen molar-refractivity contribution in [3.8, 4) is 0 Å². The second-order valence-corrected chi connectivity index (χ2v) is 7.14. The van der Waals surface area contributed by atoms with Crippen LogP contribution in [0.25, 0.3) is 0 Å². The van der Waals surface area contributed by atoms with Crippen LogP contribution in [-0.4, -0.2) is 22.0 Å². The topological polar surface area (TPSA) is 71.3 Å². The van der Waals surface area contributed by atoms with Gasteiger partial charge in [0, 0.05) is 24.4 Å². The molecule has 0 radical (unpaired) electrons. The van der Waals surface area contributed by atoms with Gasteiger partial charge >= 0.3 is 0 Å².